The summed E-state index contributed by atoms with van der Waals surface area (Å²) in [4.78, 5) is 9.68. The van der Waals surface area contributed by atoms with Crippen LogP contribution in [0.4, 0.5) is 29.2 Å². The number of anilines is 2. The number of rotatable bonds is 2. The number of nitrogens with zero attached hydrogens (tertiary/aromatic N) is 4. The van der Waals surface area contributed by atoms with Gasteiger partial charge in [0.05, 0.1) is 12.4 Å². The second-order valence-corrected chi connectivity index (χ2v) is 4.15. The molecular formula is C12H6BF4N4. The molecule has 105 valence electrons. The van der Waals surface area contributed by atoms with Crippen LogP contribution in [0.2, 0.25) is 0 Å². The zero-order valence-corrected chi connectivity index (χ0v) is 10.3. The van der Waals surface area contributed by atoms with Crippen molar-refractivity contribution in [2.75, 3.05) is 9.62 Å². The van der Waals surface area contributed by atoms with E-state index in [0.717, 1.165) is 12.4 Å². The molecule has 21 heavy (non-hydrogen) atoms. The molecule has 9 heteroatoms. The van der Waals surface area contributed by atoms with Gasteiger partial charge in [0, 0.05) is 24.5 Å². The van der Waals surface area contributed by atoms with E-state index in [9.17, 15) is 17.6 Å². The highest BCUT2D eigenvalue weighted by Gasteiger charge is 2.25. The lowest BCUT2D eigenvalue weighted by atomic mass is 10.1. The van der Waals surface area contributed by atoms with Gasteiger partial charge in [-0.1, -0.05) is 0 Å². The SMILES string of the molecule is Fc1cnc(N2[B]N(c3ncc(F)cc3F)C=C2)c(F)c1. The largest absolute Gasteiger partial charge is 0.403 e. The summed E-state index contributed by atoms with van der Waals surface area (Å²) in [5.74, 6) is -3.66. The molecule has 0 saturated heterocycles. The third kappa shape index (κ3) is 2.54. The molecule has 0 saturated carbocycles. The molecule has 0 atom stereocenters. The van der Waals surface area contributed by atoms with Crippen molar-refractivity contribution in [2.45, 2.75) is 0 Å². The first-order valence-electron chi connectivity index (χ1n) is 5.76. The Morgan fingerprint density at radius 2 is 1.19 bits per heavy atom. The van der Waals surface area contributed by atoms with Crippen LogP contribution in [-0.4, -0.2) is 17.5 Å². The van der Waals surface area contributed by atoms with Gasteiger partial charge in [0.25, 0.3) is 0 Å². The van der Waals surface area contributed by atoms with Gasteiger partial charge in [-0.3, -0.25) is 0 Å². The van der Waals surface area contributed by atoms with E-state index in [-0.39, 0.29) is 11.6 Å². The van der Waals surface area contributed by atoms with Crippen molar-refractivity contribution in [1.82, 2.24) is 9.97 Å². The van der Waals surface area contributed by atoms with Gasteiger partial charge in [-0.25, -0.2) is 27.5 Å². The van der Waals surface area contributed by atoms with Crippen molar-refractivity contribution in [3.05, 3.63) is 60.2 Å². The fourth-order valence-corrected chi connectivity index (χ4v) is 1.80. The standard InChI is InChI=1S/C12H6BF4N4/c14-7-3-9(16)11(18-5-7)20-1-2-21(13-20)12-10(17)4-8(15)6-19-12/h1-6H. The van der Waals surface area contributed by atoms with Gasteiger partial charge in [-0.05, 0) is 0 Å². The van der Waals surface area contributed by atoms with E-state index in [1.165, 1.54) is 29.6 Å². The zero-order chi connectivity index (χ0) is 15.0. The molecule has 0 fully saturated rings. The Labute approximate surface area is 117 Å². The average Bonchev–Trinajstić information content (AvgIpc) is 2.87. The van der Waals surface area contributed by atoms with Gasteiger partial charge in [0.2, 0.25) is 0 Å². The van der Waals surface area contributed by atoms with E-state index in [0.29, 0.717) is 12.1 Å². The molecule has 0 aromatic carbocycles. The molecule has 0 spiro atoms. The molecule has 0 amide bonds. The van der Waals surface area contributed by atoms with E-state index in [1.54, 1.807) is 0 Å². The highest BCUT2D eigenvalue weighted by molar-refractivity contribution is 6.49. The van der Waals surface area contributed by atoms with E-state index in [2.05, 4.69) is 9.97 Å². The number of aromatic nitrogens is 2. The minimum Gasteiger partial charge on any atom is -0.356 e. The summed E-state index contributed by atoms with van der Waals surface area (Å²) in [6.45, 7) is 0. The monoisotopic (exact) mass is 293 g/mol. The van der Waals surface area contributed by atoms with Gasteiger partial charge in [0.1, 0.15) is 11.6 Å². The summed E-state index contributed by atoms with van der Waals surface area (Å²) in [5.41, 5.74) is 0. The second-order valence-electron chi connectivity index (χ2n) is 4.15. The van der Waals surface area contributed by atoms with Crippen LogP contribution in [-0.2, 0) is 0 Å². The predicted octanol–water partition coefficient (Wildman–Crippen LogP) is 2.37. The lowest BCUT2D eigenvalue weighted by Crippen LogP contribution is -2.31. The number of halogens is 4. The van der Waals surface area contributed by atoms with Crippen LogP contribution in [0, 0.1) is 23.3 Å². The molecule has 0 N–H and O–H groups in total. The molecule has 1 aliphatic heterocycles. The van der Waals surface area contributed by atoms with Crippen LogP contribution in [0.15, 0.2) is 36.9 Å². The number of hydrogen-bond donors (Lipinski definition) is 0. The molecule has 2 aromatic heterocycles. The quantitative estimate of drug-likeness (QED) is 0.628. The number of pyridine rings is 2. The molecule has 0 aliphatic carbocycles. The van der Waals surface area contributed by atoms with E-state index in [1.807, 2.05) is 0 Å². The van der Waals surface area contributed by atoms with Crippen LogP contribution < -0.4 is 9.62 Å². The minimum absolute atomic E-state index is 0.155. The van der Waals surface area contributed by atoms with Gasteiger partial charge in [-0.15, -0.1) is 0 Å². The summed E-state index contributed by atoms with van der Waals surface area (Å²) in [6.07, 6.45) is 4.49. The topological polar surface area (TPSA) is 32.3 Å². The van der Waals surface area contributed by atoms with Crippen LogP contribution >= 0.6 is 0 Å². The summed E-state index contributed by atoms with van der Waals surface area (Å²) in [7, 11) is 1.28. The molecule has 3 rings (SSSR count). The Morgan fingerprint density at radius 3 is 1.57 bits per heavy atom. The first kappa shape index (κ1) is 13.4. The van der Waals surface area contributed by atoms with Crippen molar-refractivity contribution in [1.29, 1.82) is 0 Å². The first-order chi connectivity index (χ1) is 10.0. The fraction of sp³-hybridized carbons (Fsp3) is 0. The molecule has 2 aromatic rings. The van der Waals surface area contributed by atoms with Crippen molar-refractivity contribution < 1.29 is 17.6 Å². The number of hydrogen-bond acceptors (Lipinski definition) is 4. The molecule has 1 radical (unpaired) electrons. The summed E-state index contributed by atoms with van der Waals surface area (Å²) in [6, 6.07) is 1.37. The van der Waals surface area contributed by atoms with Crippen LogP contribution in [0.1, 0.15) is 0 Å². The molecule has 0 bridgehead atoms. The Balaban J connectivity index is 1.84. The van der Waals surface area contributed by atoms with Gasteiger partial charge < -0.3 is 9.62 Å². The van der Waals surface area contributed by atoms with Crippen molar-refractivity contribution in [2.24, 2.45) is 0 Å². The normalized spacial score (nSPS) is 13.7. The van der Waals surface area contributed by atoms with Crippen molar-refractivity contribution in [3.63, 3.8) is 0 Å². The minimum atomic E-state index is -0.870. The maximum Gasteiger partial charge on any atom is 0.403 e. The zero-order valence-electron chi connectivity index (χ0n) is 10.3. The third-order valence-electron chi connectivity index (χ3n) is 2.70. The lowest BCUT2D eigenvalue weighted by Gasteiger charge is -2.18. The summed E-state index contributed by atoms with van der Waals surface area (Å²) < 4.78 is 52.8. The third-order valence-corrected chi connectivity index (χ3v) is 2.70. The average molecular weight is 293 g/mol. The maximum atomic E-state index is 13.6. The Kier molecular flexibility index (Phi) is 3.24. The Bertz CT molecular complexity index is 665. The highest BCUT2D eigenvalue weighted by atomic mass is 19.1. The maximum absolute atomic E-state index is 13.6. The smallest absolute Gasteiger partial charge is 0.356 e. The van der Waals surface area contributed by atoms with Crippen LogP contribution in [0.3, 0.4) is 0 Å². The summed E-state index contributed by atoms with van der Waals surface area (Å²) in [5, 5.41) is 0. The first-order valence-corrected chi connectivity index (χ1v) is 5.76. The summed E-state index contributed by atoms with van der Waals surface area (Å²) >= 11 is 0. The molecule has 4 nitrogen and oxygen atoms in total. The fourth-order valence-electron chi connectivity index (χ4n) is 1.80. The van der Waals surface area contributed by atoms with Crippen molar-refractivity contribution in [3.8, 4) is 0 Å². The Hall–Kier alpha value is -2.58. The molecule has 3 heterocycles. The predicted molar refractivity (Wildman–Crippen MR) is 68.2 cm³/mol. The van der Waals surface area contributed by atoms with Crippen LogP contribution in [0.25, 0.3) is 0 Å². The van der Waals surface area contributed by atoms with Gasteiger partial charge in [0.15, 0.2) is 23.3 Å². The van der Waals surface area contributed by atoms with Crippen LogP contribution in [0.5, 0.6) is 0 Å². The molecule has 1 aliphatic rings. The highest BCUT2D eigenvalue weighted by Crippen LogP contribution is 2.24. The van der Waals surface area contributed by atoms with Gasteiger partial charge >= 0.3 is 7.55 Å². The molecular weight excluding hydrogens is 287 g/mol. The van der Waals surface area contributed by atoms with E-state index in [4.69, 9.17) is 0 Å². The van der Waals surface area contributed by atoms with E-state index < -0.39 is 23.3 Å². The van der Waals surface area contributed by atoms with E-state index >= 15 is 0 Å². The Morgan fingerprint density at radius 1 is 0.762 bits per heavy atom. The molecule has 0 unspecified atom stereocenters. The van der Waals surface area contributed by atoms with Gasteiger partial charge in [-0.2, -0.15) is 0 Å². The second kappa shape index (κ2) is 5.08. The lowest BCUT2D eigenvalue weighted by molar-refractivity contribution is 0.575. The van der Waals surface area contributed by atoms with Crippen molar-refractivity contribution >= 4 is 19.2 Å².